The Morgan fingerprint density at radius 1 is 1.75 bits per heavy atom. The summed E-state index contributed by atoms with van der Waals surface area (Å²) in [4.78, 5) is 4.02. The second-order valence-electron chi connectivity index (χ2n) is 1.45. The lowest BCUT2D eigenvalue weighted by molar-refractivity contribution is 1.17. The molecule has 1 nitrogen and oxygen atoms in total. The topological polar surface area (TPSA) is 12.9 Å². The molecule has 1 rings (SSSR count). The average Bonchev–Trinajstić information content (AvgIpc) is 1.88. The Balaban J connectivity index is 2.94. The van der Waals surface area contributed by atoms with Crippen molar-refractivity contribution in [3.05, 3.63) is 28.5 Å². The van der Waals surface area contributed by atoms with E-state index in [-0.39, 0.29) is 6.90 Å². The van der Waals surface area contributed by atoms with Crippen molar-refractivity contribution in [2.45, 2.75) is 6.90 Å². The van der Waals surface area contributed by atoms with Gasteiger partial charge >= 0.3 is 0 Å². The molecule has 1 aromatic rings. The summed E-state index contributed by atoms with van der Waals surface area (Å²) in [6.07, 6.45) is 0. The molecule has 0 aliphatic rings. The van der Waals surface area contributed by atoms with E-state index in [4.69, 9.17) is 1.37 Å². The Bertz CT molecular complexity index is 202. The summed E-state index contributed by atoms with van der Waals surface area (Å²) in [7, 11) is 0. The number of rotatable bonds is 0. The highest BCUT2D eigenvalue weighted by atomic mass is 79.9. The molecule has 0 saturated heterocycles. The summed E-state index contributed by atoms with van der Waals surface area (Å²) < 4.78 is 7.76. The summed E-state index contributed by atoms with van der Waals surface area (Å²) in [6, 6.07) is 5.55. The molecular weight excluding hydrogens is 166 g/mol. The monoisotopic (exact) mass is 172 g/mol. The highest BCUT2D eigenvalue weighted by Crippen LogP contribution is 2.04. The molecule has 0 fully saturated rings. The zero-order valence-corrected chi connectivity index (χ0v) is 5.85. The quantitative estimate of drug-likeness (QED) is 0.547. The lowest BCUT2D eigenvalue weighted by Crippen LogP contribution is -1.77. The molecule has 2 heteroatoms. The van der Waals surface area contributed by atoms with Crippen molar-refractivity contribution in [3.63, 3.8) is 0 Å². The van der Waals surface area contributed by atoms with Crippen molar-refractivity contribution in [1.29, 1.82) is 0 Å². The molecule has 1 heterocycles. The van der Waals surface area contributed by atoms with E-state index in [2.05, 4.69) is 20.9 Å². The van der Waals surface area contributed by atoms with Gasteiger partial charge in [-0.25, -0.2) is 4.98 Å². The van der Waals surface area contributed by atoms with Crippen molar-refractivity contribution in [3.8, 4) is 0 Å². The maximum Gasteiger partial charge on any atom is 0.106 e. The van der Waals surface area contributed by atoms with Crippen molar-refractivity contribution >= 4 is 15.9 Å². The summed E-state index contributed by atoms with van der Waals surface area (Å²) in [5, 5.41) is 0. The minimum atomic E-state index is 0.249. The van der Waals surface area contributed by atoms with Crippen LogP contribution in [0, 0.1) is 6.90 Å². The fraction of sp³-hybridized carbons (Fsp3) is 0.167. The number of halogens is 1. The van der Waals surface area contributed by atoms with E-state index >= 15 is 0 Å². The first-order valence-corrected chi connectivity index (χ1v) is 3.03. The summed E-state index contributed by atoms with van der Waals surface area (Å²) in [5.74, 6) is 0. The highest BCUT2D eigenvalue weighted by molar-refractivity contribution is 9.10. The van der Waals surface area contributed by atoms with Crippen LogP contribution in [0.3, 0.4) is 0 Å². The Labute approximate surface area is 58.3 Å². The van der Waals surface area contributed by atoms with E-state index in [1.54, 1.807) is 0 Å². The van der Waals surface area contributed by atoms with E-state index < -0.39 is 0 Å². The van der Waals surface area contributed by atoms with Gasteiger partial charge in [0.05, 0.1) is 0 Å². The van der Waals surface area contributed by atoms with E-state index in [1.807, 2.05) is 18.2 Å². The van der Waals surface area contributed by atoms with Gasteiger partial charge in [0.25, 0.3) is 0 Å². The average molecular weight is 173 g/mol. The Morgan fingerprint density at radius 2 is 2.62 bits per heavy atom. The fourth-order valence-electron chi connectivity index (χ4n) is 0.450. The van der Waals surface area contributed by atoms with E-state index in [0.717, 1.165) is 10.3 Å². The van der Waals surface area contributed by atoms with Crippen LogP contribution >= 0.6 is 15.9 Å². The largest absolute Gasteiger partial charge is 0.246 e. The van der Waals surface area contributed by atoms with Crippen LogP contribution in [0.2, 0.25) is 0 Å². The number of aryl methyl sites for hydroxylation is 1. The van der Waals surface area contributed by atoms with E-state index in [9.17, 15) is 0 Å². The van der Waals surface area contributed by atoms with Gasteiger partial charge in [0, 0.05) is 7.06 Å². The van der Waals surface area contributed by atoms with E-state index in [1.165, 1.54) is 0 Å². The van der Waals surface area contributed by atoms with Crippen LogP contribution in [0.4, 0.5) is 0 Å². The molecule has 8 heavy (non-hydrogen) atoms. The first-order chi connectivity index (χ1) is 4.33. The smallest absolute Gasteiger partial charge is 0.106 e. The predicted molar refractivity (Wildman–Crippen MR) is 36.7 cm³/mol. The zero-order valence-electron chi connectivity index (χ0n) is 5.26. The summed E-state index contributed by atoms with van der Waals surface area (Å²) in [6.45, 7) is 0.249. The van der Waals surface area contributed by atoms with Crippen molar-refractivity contribution < 1.29 is 1.37 Å². The van der Waals surface area contributed by atoms with Gasteiger partial charge in [-0.1, -0.05) is 6.07 Å². The van der Waals surface area contributed by atoms with Gasteiger partial charge in [-0.05, 0) is 35.0 Å². The highest BCUT2D eigenvalue weighted by Gasteiger charge is 1.83. The van der Waals surface area contributed by atoms with Crippen LogP contribution in [0.15, 0.2) is 22.8 Å². The fourth-order valence-corrected chi connectivity index (χ4v) is 0.831. The number of pyridine rings is 1. The first kappa shape index (κ1) is 4.50. The van der Waals surface area contributed by atoms with Crippen molar-refractivity contribution in [2.24, 2.45) is 0 Å². The maximum absolute atomic E-state index is 6.96. The van der Waals surface area contributed by atoms with Crippen LogP contribution < -0.4 is 0 Å². The molecule has 0 atom stereocenters. The second-order valence-corrected chi connectivity index (χ2v) is 2.26. The zero-order chi connectivity index (χ0) is 6.69. The molecule has 0 amide bonds. The molecular formula is C6H6BrN. The molecule has 0 N–H and O–H groups in total. The van der Waals surface area contributed by atoms with Gasteiger partial charge in [0.15, 0.2) is 0 Å². The lowest BCUT2D eigenvalue weighted by atomic mass is 10.4. The molecule has 0 bridgehead atoms. The Hall–Kier alpha value is -0.370. The van der Waals surface area contributed by atoms with Gasteiger partial charge < -0.3 is 0 Å². The number of nitrogens with zero attached hydrogens (tertiary/aromatic N) is 1. The number of hydrogen-bond donors (Lipinski definition) is 0. The molecule has 0 unspecified atom stereocenters. The Morgan fingerprint density at radius 3 is 3.12 bits per heavy atom. The van der Waals surface area contributed by atoms with Gasteiger partial charge in [-0.15, -0.1) is 0 Å². The molecule has 0 radical (unpaired) electrons. The lowest BCUT2D eigenvalue weighted by Gasteiger charge is -1.88. The van der Waals surface area contributed by atoms with E-state index in [0.29, 0.717) is 0 Å². The normalized spacial score (nSPS) is 10.9. The molecule has 0 saturated carbocycles. The SMILES string of the molecule is [2H]Cc1cccc(Br)n1. The number of aromatic nitrogens is 1. The maximum atomic E-state index is 6.96. The molecule has 0 aromatic carbocycles. The molecule has 1 aromatic heterocycles. The van der Waals surface area contributed by atoms with Gasteiger partial charge in [0.2, 0.25) is 0 Å². The summed E-state index contributed by atoms with van der Waals surface area (Å²) in [5.41, 5.74) is 0.796. The number of hydrogen-bond acceptors (Lipinski definition) is 1. The van der Waals surface area contributed by atoms with Crippen LogP contribution in [0.25, 0.3) is 0 Å². The third-order valence-electron chi connectivity index (χ3n) is 0.773. The first-order valence-electron chi connectivity index (χ1n) is 2.94. The van der Waals surface area contributed by atoms with Crippen LogP contribution in [-0.2, 0) is 0 Å². The van der Waals surface area contributed by atoms with Gasteiger partial charge in [0.1, 0.15) is 4.60 Å². The second kappa shape index (κ2) is 2.27. The third kappa shape index (κ3) is 1.30. The van der Waals surface area contributed by atoms with Crippen molar-refractivity contribution in [2.75, 3.05) is 0 Å². The molecule has 0 spiro atoms. The summed E-state index contributed by atoms with van der Waals surface area (Å²) >= 11 is 3.21. The van der Waals surface area contributed by atoms with Crippen LogP contribution in [-0.4, -0.2) is 4.98 Å². The molecule has 0 aliphatic carbocycles. The molecule has 0 aliphatic heterocycles. The predicted octanol–water partition coefficient (Wildman–Crippen LogP) is 2.15. The standard InChI is InChI=1S/C6H6BrN/c1-5-3-2-4-6(7)8-5/h2-4H,1H3/i1D. The van der Waals surface area contributed by atoms with Crippen LogP contribution in [0.5, 0.6) is 0 Å². The third-order valence-corrected chi connectivity index (χ3v) is 1.21. The van der Waals surface area contributed by atoms with Crippen molar-refractivity contribution in [1.82, 2.24) is 4.98 Å². The minimum absolute atomic E-state index is 0.249. The van der Waals surface area contributed by atoms with Crippen LogP contribution in [0.1, 0.15) is 7.06 Å². The van der Waals surface area contributed by atoms with Gasteiger partial charge in [-0.3, -0.25) is 0 Å². The Kier molecular flexibility index (Phi) is 1.28. The molecule has 42 valence electrons. The minimum Gasteiger partial charge on any atom is -0.246 e. The van der Waals surface area contributed by atoms with Gasteiger partial charge in [-0.2, -0.15) is 0 Å².